The van der Waals surface area contributed by atoms with E-state index in [-0.39, 0.29) is 30.3 Å². The standard InChI is InChI=1S/C24H37N5O8S/c1-12(2)8-16(21(33)27-17(24(36)37)9-14-4-6-15(31)7-5-14)26-23(35)19(11-38)29-22(34)18(10-30)28-20(32)13(3)25/h4-7,12-13,16-19,30-31,38H,8-11,25H2,1-3H3,(H,26,35)(H,27,33)(H,28,32)(H,29,34)(H,36,37)/t13-,16-,17-,18-,19-/m0/s1. The average molecular weight is 556 g/mol. The van der Waals surface area contributed by atoms with Gasteiger partial charge in [-0.2, -0.15) is 12.6 Å². The van der Waals surface area contributed by atoms with Gasteiger partial charge in [0, 0.05) is 12.2 Å². The van der Waals surface area contributed by atoms with Crippen molar-refractivity contribution in [3.63, 3.8) is 0 Å². The summed E-state index contributed by atoms with van der Waals surface area (Å²) < 4.78 is 0. The number of carboxylic acids is 1. The van der Waals surface area contributed by atoms with Gasteiger partial charge in [-0.25, -0.2) is 4.79 Å². The molecule has 14 heteroatoms. The van der Waals surface area contributed by atoms with Crippen molar-refractivity contribution in [2.45, 2.75) is 63.8 Å². The normalized spacial score (nSPS) is 14.9. The number of nitrogens with one attached hydrogen (secondary N) is 4. The summed E-state index contributed by atoms with van der Waals surface area (Å²) in [5, 5.41) is 38.1. The number of rotatable bonds is 15. The Morgan fingerprint density at radius 2 is 1.29 bits per heavy atom. The van der Waals surface area contributed by atoms with Crippen LogP contribution in [0.3, 0.4) is 0 Å². The molecule has 38 heavy (non-hydrogen) atoms. The maximum atomic E-state index is 13.0. The van der Waals surface area contributed by atoms with Gasteiger partial charge in [0.25, 0.3) is 0 Å². The lowest BCUT2D eigenvalue weighted by atomic mass is 10.0. The van der Waals surface area contributed by atoms with E-state index in [0.717, 1.165) is 0 Å². The quantitative estimate of drug-likeness (QED) is 0.112. The lowest BCUT2D eigenvalue weighted by Crippen LogP contribution is -2.59. The van der Waals surface area contributed by atoms with Gasteiger partial charge in [-0.05, 0) is 37.0 Å². The maximum Gasteiger partial charge on any atom is 0.326 e. The Morgan fingerprint density at radius 3 is 1.76 bits per heavy atom. The minimum absolute atomic E-state index is 0.0110. The Bertz CT molecular complexity index is 973. The van der Waals surface area contributed by atoms with E-state index >= 15 is 0 Å². The number of aromatic hydroxyl groups is 1. The van der Waals surface area contributed by atoms with Crippen LogP contribution in [0.1, 0.15) is 32.8 Å². The Morgan fingerprint density at radius 1 is 0.816 bits per heavy atom. The molecule has 9 N–H and O–H groups in total. The van der Waals surface area contributed by atoms with E-state index in [1.54, 1.807) is 0 Å². The lowest BCUT2D eigenvalue weighted by molar-refractivity contribution is -0.142. The SMILES string of the molecule is CC(C)C[C@H](NC(=O)[C@H](CS)NC(=O)[C@H](CO)NC(=O)[C@H](C)N)C(=O)N[C@@H](Cc1ccc(O)cc1)C(=O)O. The third kappa shape index (κ3) is 10.9. The van der Waals surface area contributed by atoms with Crippen molar-refractivity contribution in [3.05, 3.63) is 29.8 Å². The lowest BCUT2D eigenvalue weighted by Gasteiger charge is -2.26. The van der Waals surface area contributed by atoms with Crippen molar-refractivity contribution in [1.82, 2.24) is 21.3 Å². The van der Waals surface area contributed by atoms with Gasteiger partial charge < -0.3 is 42.3 Å². The number of thiol groups is 1. The number of carboxylic acid groups (broad SMARTS) is 1. The van der Waals surface area contributed by atoms with Gasteiger partial charge in [0.2, 0.25) is 23.6 Å². The molecule has 1 aromatic rings. The van der Waals surface area contributed by atoms with Crippen LogP contribution in [0.4, 0.5) is 0 Å². The van der Waals surface area contributed by atoms with E-state index in [1.807, 2.05) is 13.8 Å². The summed E-state index contributed by atoms with van der Waals surface area (Å²) in [5.74, 6) is -4.56. The van der Waals surface area contributed by atoms with E-state index in [0.29, 0.717) is 5.56 Å². The second kappa shape index (κ2) is 15.8. The smallest absolute Gasteiger partial charge is 0.326 e. The molecule has 0 unspecified atom stereocenters. The van der Waals surface area contributed by atoms with Gasteiger partial charge in [0.15, 0.2) is 0 Å². The first-order valence-electron chi connectivity index (χ1n) is 12.0. The predicted molar refractivity (Wildman–Crippen MR) is 141 cm³/mol. The van der Waals surface area contributed by atoms with Crippen LogP contribution in [0.15, 0.2) is 24.3 Å². The highest BCUT2D eigenvalue weighted by atomic mass is 32.1. The van der Waals surface area contributed by atoms with Crippen LogP contribution in [-0.4, -0.2) is 87.5 Å². The molecule has 5 atom stereocenters. The van der Waals surface area contributed by atoms with Crippen molar-refractivity contribution in [3.8, 4) is 5.75 Å². The fraction of sp³-hybridized carbons (Fsp3) is 0.542. The highest BCUT2D eigenvalue weighted by Gasteiger charge is 2.31. The van der Waals surface area contributed by atoms with Crippen LogP contribution in [-0.2, 0) is 30.4 Å². The zero-order valence-electron chi connectivity index (χ0n) is 21.5. The molecular formula is C24H37N5O8S. The first kappa shape index (κ1) is 32.7. The molecule has 0 aliphatic carbocycles. The van der Waals surface area contributed by atoms with E-state index in [2.05, 4.69) is 33.9 Å². The summed E-state index contributed by atoms with van der Waals surface area (Å²) in [7, 11) is 0. The molecule has 212 valence electrons. The number of carbonyl (C=O) groups is 5. The molecule has 13 nitrogen and oxygen atoms in total. The van der Waals surface area contributed by atoms with Crippen molar-refractivity contribution < 1.29 is 39.3 Å². The Kier molecular flexibility index (Phi) is 13.6. The largest absolute Gasteiger partial charge is 0.508 e. The number of aliphatic carboxylic acids is 1. The number of aliphatic hydroxyl groups is 1. The number of aliphatic hydroxyl groups excluding tert-OH is 1. The van der Waals surface area contributed by atoms with E-state index in [9.17, 15) is 39.3 Å². The number of nitrogens with two attached hydrogens (primary N) is 1. The molecule has 0 bridgehead atoms. The van der Waals surface area contributed by atoms with Crippen LogP contribution < -0.4 is 27.0 Å². The number of amides is 4. The molecular weight excluding hydrogens is 518 g/mol. The monoisotopic (exact) mass is 555 g/mol. The molecule has 0 fully saturated rings. The maximum absolute atomic E-state index is 13.0. The van der Waals surface area contributed by atoms with Crippen molar-refractivity contribution >= 4 is 42.2 Å². The summed E-state index contributed by atoms with van der Waals surface area (Å²) in [6.45, 7) is 4.26. The number of phenolic OH excluding ortho intramolecular Hbond substituents is 1. The summed E-state index contributed by atoms with van der Waals surface area (Å²) in [5.41, 5.74) is 6.02. The molecule has 4 amide bonds. The van der Waals surface area contributed by atoms with Gasteiger partial charge in [-0.3, -0.25) is 19.2 Å². The zero-order valence-corrected chi connectivity index (χ0v) is 22.4. The topological polar surface area (TPSA) is 220 Å². The number of hydrogen-bond acceptors (Lipinski definition) is 9. The number of hydrogen-bond donors (Lipinski definition) is 9. The number of phenols is 1. The van der Waals surface area contributed by atoms with Gasteiger partial charge in [-0.15, -0.1) is 0 Å². The first-order valence-corrected chi connectivity index (χ1v) is 12.6. The van der Waals surface area contributed by atoms with E-state index in [1.165, 1.54) is 31.2 Å². The van der Waals surface area contributed by atoms with Crippen LogP contribution in [0, 0.1) is 5.92 Å². The molecule has 0 radical (unpaired) electrons. The van der Waals surface area contributed by atoms with Crippen molar-refractivity contribution in [2.75, 3.05) is 12.4 Å². The minimum atomic E-state index is -1.37. The summed E-state index contributed by atoms with van der Waals surface area (Å²) in [4.78, 5) is 62.0. The average Bonchev–Trinajstić information content (AvgIpc) is 2.85. The third-order valence-electron chi connectivity index (χ3n) is 5.38. The number of benzene rings is 1. The molecule has 0 saturated carbocycles. The molecule has 1 aromatic carbocycles. The van der Waals surface area contributed by atoms with Gasteiger partial charge >= 0.3 is 5.97 Å². The van der Waals surface area contributed by atoms with Crippen LogP contribution in [0.25, 0.3) is 0 Å². The van der Waals surface area contributed by atoms with Crippen molar-refractivity contribution in [1.29, 1.82) is 0 Å². The first-order chi connectivity index (χ1) is 17.8. The molecule has 0 spiro atoms. The van der Waals surface area contributed by atoms with Crippen molar-refractivity contribution in [2.24, 2.45) is 11.7 Å². The predicted octanol–water partition coefficient (Wildman–Crippen LogP) is -1.73. The molecule has 1 rings (SSSR count). The summed E-state index contributed by atoms with van der Waals surface area (Å²) in [6, 6.07) is -0.119. The molecule has 0 heterocycles. The number of carbonyl (C=O) groups excluding carboxylic acids is 4. The molecule has 0 aliphatic heterocycles. The Balaban J connectivity index is 2.94. The zero-order chi connectivity index (χ0) is 29.0. The van der Waals surface area contributed by atoms with Crippen LogP contribution in [0.5, 0.6) is 5.75 Å². The highest BCUT2D eigenvalue weighted by Crippen LogP contribution is 2.12. The van der Waals surface area contributed by atoms with Gasteiger partial charge in [0.05, 0.1) is 12.6 Å². The van der Waals surface area contributed by atoms with E-state index in [4.69, 9.17) is 5.73 Å². The third-order valence-corrected chi connectivity index (χ3v) is 5.74. The minimum Gasteiger partial charge on any atom is -0.508 e. The summed E-state index contributed by atoms with van der Waals surface area (Å²) >= 11 is 4.08. The highest BCUT2D eigenvalue weighted by molar-refractivity contribution is 7.80. The van der Waals surface area contributed by atoms with E-state index < -0.39 is 66.4 Å². The van der Waals surface area contributed by atoms with Crippen LogP contribution >= 0.6 is 12.6 Å². The van der Waals surface area contributed by atoms with Gasteiger partial charge in [0.1, 0.15) is 29.9 Å². The summed E-state index contributed by atoms with van der Waals surface area (Å²) in [6.07, 6.45) is 0.106. The van der Waals surface area contributed by atoms with Crippen LogP contribution in [0.2, 0.25) is 0 Å². The Hall–Kier alpha value is -3.36. The fourth-order valence-corrected chi connectivity index (χ4v) is 3.54. The molecule has 0 saturated heterocycles. The second-order valence-corrected chi connectivity index (χ2v) is 9.60. The second-order valence-electron chi connectivity index (χ2n) is 9.24. The molecule has 0 aliphatic rings. The fourth-order valence-electron chi connectivity index (χ4n) is 3.28. The molecule has 0 aromatic heterocycles. The van der Waals surface area contributed by atoms with Gasteiger partial charge in [-0.1, -0.05) is 26.0 Å². The Labute approximate surface area is 226 Å².